The van der Waals surface area contributed by atoms with Gasteiger partial charge in [-0.05, 0) is 36.8 Å². The molecule has 0 aliphatic rings. The van der Waals surface area contributed by atoms with Crippen LogP contribution in [0.4, 0.5) is 0 Å². The van der Waals surface area contributed by atoms with Crippen molar-refractivity contribution in [2.45, 2.75) is 25.9 Å². The summed E-state index contributed by atoms with van der Waals surface area (Å²) in [6.07, 6.45) is 3.04. The fourth-order valence-corrected chi connectivity index (χ4v) is 3.29. The van der Waals surface area contributed by atoms with Gasteiger partial charge in [-0.15, -0.1) is 0 Å². The summed E-state index contributed by atoms with van der Waals surface area (Å²) in [5.41, 5.74) is 3.84. The van der Waals surface area contributed by atoms with Gasteiger partial charge in [-0.2, -0.15) is 5.10 Å². The Morgan fingerprint density at radius 1 is 1.11 bits per heavy atom. The van der Waals surface area contributed by atoms with Crippen molar-refractivity contribution in [2.24, 2.45) is 0 Å². The normalized spacial score (nSPS) is 12.1. The van der Waals surface area contributed by atoms with Crippen LogP contribution in [-0.2, 0) is 11.3 Å². The quantitative estimate of drug-likeness (QED) is 0.565. The zero-order valence-corrected chi connectivity index (χ0v) is 17.2. The number of aromatic nitrogens is 2. The highest BCUT2D eigenvalue weighted by Gasteiger charge is 2.16. The number of hydrogen-bond acceptors (Lipinski definition) is 4. The number of rotatable bonds is 9. The Morgan fingerprint density at radius 3 is 2.50 bits per heavy atom. The van der Waals surface area contributed by atoms with Crippen molar-refractivity contribution in [1.82, 2.24) is 15.1 Å². The van der Waals surface area contributed by atoms with E-state index in [4.69, 9.17) is 26.2 Å². The van der Waals surface area contributed by atoms with Crippen LogP contribution in [0.15, 0.2) is 54.7 Å². The number of hydrogen-bond donors (Lipinski definition) is 1. The molecule has 1 heterocycles. The minimum atomic E-state index is 0.286. The second-order valence-electron chi connectivity index (χ2n) is 6.57. The average Bonchev–Trinajstić information content (AvgIpc) is 3.15. The van der Waals surface area contributed by atoms with Crippen LogP contribution in [0.1, 0.15) is 18.9 Å². The molecule has 3 rings (SSSR count). The van der Waals surface area contributed by atoms with Crippen molar-refractivity contribution in [3.63, 3.8) is 0 Å². The van der Waals surface area contributed by atoms with Crippen LogP contribution < -0.4 is 10.1 Å². The molecule has 0 aliphatic heterocycles. The summed E-state index contributed by atoms with van der Waals surface area (Å²) >= 11 is 6.46. The molecular weight excluding hydrogens is 374 g/mol. The average molecular weight is 400 g/mol. The Kier molecular flexibility index (Phi) is 7.09. The molecule has 5 nitrogen and oxygen atoms in total. The summed E-state index contributed by atoms with van der Waals surface area (Å²) in [5.74, 6) is 0.814. The van der Waals surface area contributed by atoms with Gasteiger partial charge < -0.3 is 14.8 Å². The van der Waals surface area contributed by atoms with Crippen LogP contribution in [0.25, 0.3) is 16.9 Å². The molecule has 0 bridgehead atoms. The van der Waals surface area contributed by atoms with E-state index in [1.807, 2.05) is 59.4 Å². The van der Waals surface area contributed by atoms with Gasteiger partial charge in [-0.25, -0.2) is 4.68 Å². The summed E-state index contributed by atoms with van der Waals surface area (Å²) in [4.78, 5) is 0. The Balaban J connectivity index is 1.95. The number of methoxy groups -OCH3 is 2. The highest BCUT2D eigenvalue weighted by atomic mass is 35.5. The number of nitrogens with one attached hydrogen (secondary N) is 1. The van der Waals surface area contributed by atoms with Crippen LogP contribution in [0.2, 0.25) is 5.02 Å². The molecule has 148 valence electrons. The van der Waals surface area contributed by atoms with Crippen molar-refractivity contribution in [3.8, 4) is 22.7 Å². The number of halogens is 1. The number of nitrogens with zero attached hydrogens (tertiary/aromatic N) is 2. The molecule has 0 spiro atoms. The third-order valence-corrected chi connectivity index (χ3v) is 5.03. The number of benzene rings is 2. The first kappa shape index (κ1) is 20.4. The van der Waals surface area contributed by atoms with Crippen molar-refractivity contribution in [2.75, 3.05) is 20.8 Å². The summed E-state index contributed by atoms with van der Waals surface area (Å²) in [7, 11) is 3.38. The maximum atomic E-state index is 6.46. The van der Waals surface area contributed by atoms with Crippen LogP contribution >= 0.6 is 11.6 Å². The molecule has 0 amide bonds. The molecule has 1 N–H and O–H groups in total. The molecule has 0 radical (unpaired) electrons. The Bertz CT molecular complexity index is 893. The smallest absolute Gasteiger partial charge is 0.119 e. The highest BCUT2D eigenvalue weighted by Crippen LogP contribution is 2.30. The molecular formula is C22H26ClN3O2. The summed E-state index contributed by atoms with van der Waals surface area (Å²) in [6, 6.07) is 15.9. The molecule has 0 fully saturated rings. The van der Waals surface area contributed by atoms with Gasteiger partial charge in [-0.3, -0.25) is 0 Å². The first-order valence-electron chi connectivity index (χ1n) is 9.36. The minimum absolute atomic E-state index is 0.286. The molecule has 2 aromatic carbocycles. The lowest BCUT2D eigenvalue weighted by molar-refractivity contribution is 0.164. The van der Waals surface area contributed by atoms with Gasteiger partial charge in [0, 0.05) is 37.0 Å². The van der Waals surface area contributed by atoms with E-state index in [1.165, 1.54) is 0 Å². The summed E-state index contributed by atoms with van der Waals surface area (Å²) in [5, 5.41) is 9.08. The van der Waals surface area contributed by atoms with Gasteiger partial charge >= 0.3 is 0 Å². The van der Waals surface area contributed by atoms with Crippen LogP contribution in [0.5, 0.6) is 5.75 Å². The van der Waals surface area contributed by atoms with E-state index in [9.17, 15) is 0 Å². The third kappa shape index (κ3) is 4.73. The largest absolute Gasteiger partial charge is 0.497 e. The third-order valence-electron chi connectivity index (χ3n) is 4.70. The van der Waals surface area contributed by atoms with Gasteiger partial charge in [0.05, 0.1) is 30.1 Å². The van der Waals surface area contributed by atoms with E-state index in [0.29, 0.717) is 18.2 Å². The van der Waals surface area contributed by atoms with Gasteiger partial charge in [-0.1, -0.05) is 36.7 Å². The second kappa shape index (κ2) is 9.73. The lowest BCUT2D eigenvalue weighted by Crippen LogP contribution is -2.32. The zero-order chi connectivity index (χ0) is 19.9. The van der Waals surface area contributed by atoms with E-state index >= 15 is 0 Å². The van der Waals surface area contributed by atoms with E-state index in [2.05, 4.69) is 12.2 Å². The van der Waals surface area contributed by atoms with Crippen molar-refractivity contribution >= 4 is 11.6 Å². The van der Waals surface area contributed by atoms with Gasteiger partial charge in [0.2, 0.25) is 0 Å². The van der Waals surface area contributed by atoms with Gasteiger partial charge in [0.15, 0.2) is 0 Å². The molecule has 0 saturated heterocycles. The van der Waals surface area contributed by atoms with Crippen LogP contribution in [0, 0.1) is 0 Å². The molecule has 3 aromatic rings. The Labute approximate surface area is 171 Å². The Morgan fingerprint density at radius 2 is 1.86 bits per heavy atom. The van der Waals surface area contributed by atoms with E-state index in [-0.39, 0.29) is 6.04 Å². The summed E-state index contributed by atoms with van der Waals surface area (Å²) < 4.78 is 12.4. The monoisotopic (exact) mass is 399 g/mol. The SMILES string of the molecule is CCC(COC)NCc1cn(-c2ccc(OC)cc2)nc1-c1ccccc1Cl. The molecule has 6 heteroatoms. The maximum Gasteiger partial charge on any atom is 0.119 e. The first-order valence-corrected chi connectivity index (χ1v) is 9.74. The first-order chi connectivity index (χ1) is 13.7. The fourth-order valence-electron chi connectivity index (χ4n) is 3.06. The predicted molar refractivity (Wildman–Crippen MR) is 113 cm³/mol. The lowest BCUT2D eigenvalue weighted by atomic mass is 10.1. The van der Waals surface area contributed by atoms with Crippen molar-refractivity contribution < 1.29 is 9.47 Å². The minimum Gasteiger partial charge on any atom is -0.497 e. The predicted octanol–water partition coefficient (Wildman–Crippen LogP) is 4.72. The second-order valence-corrected chi connectivity index (χ2v) is 6.97. The Hall–Kier alpha value is -2.34. The molecule has 0 aliphatic carbocycles. The lowest BCUT2D eigenvalue weighted by Gasteiger charge is -2.15. The standard InChI is InChI=1S/C22H26ClN3O2/c1-4-17(15-27-2)24-13-16-14-26(18-9-11-19(28-3)12-10-18)25-22(16)20-7-5-6-8-21(20)23/h5-12,14,17,24H,4,13,15H2,1-3H3. The maximum absolute atomic E-state index is 6.46. The highest BCUT2D eigenvalue weighted by molar-refractivity contribution is 6.33. The van der Waals surface area contributed by atoms with Crippen LogP contribution in [0.3, 0.4) is 0 Å². The fraction of sp³-hybridized carbons (Fsp3) is 0.318. The molecule has 1 aromatic heterocycles. The zero-order valence-electron chi connectivity index (χ0n) is 16.5. The molecule has 1 unspecified atom stereocenters. The van der Waals surface area contributed by atoms with Gasteiger partial charge in [0.1, 0.15) is 5.75 Å². The topological polar surface area (TPSA) is 48.3 Å². The molecule has 28 heavy (non-hydrogen) atoms. The molecule has 0 saturated carbocycles. The summed E-state index contributed by atoms with van der Waals surface area (Å²) in [6.45, 7) is 3.50. The van der Waals surface area contributed by atoms with Gasteiger partial charge in [0.25, 0.3) is 0 Å². The number of ether oxygens (including phenoxy) is 2. The van der Waals surface area contributed by atoms with E-state index < -0.39 is 0 Å². The van der Waals surface area contributed by atoms with E-state index in [1.54, 1.807) is 14.2 Å². The van der Waals surface area contributed by atoms with Crippen molar-refractivity contribution in [1.29, 1.82) is 0 Å². The van der Waals surface area contributed by atoms with Crippen LogP contribution in [-0.4, -0.2) is 36.6 Å². The molecule has 1 atom stereocenters. The van der Waals surface area contributed by atoms with E-state index in [0.717, 1.165) is 34.7 Å². The van der Waals surface area contributed by atoms with Crippen molar-refractivity contribution in [3.05, 3.63) is 65.3 Å².